The molecule has 20 heavy (non-hydrogen) atoms. The lowest BCUT2D eigenvalue weighted by molar-refractivity contribution is 0.378. The van der Waals surface area contributed by atoms with Crippen molar-refractivity contribution in [2.75, 3.05) is 7.11 Å². The average Bonchev–Trinajstić information content (AvgIpc) is 2.42. The van der Waals surface area contributed by atoms with Crippen molar-refractivity contribution < 1.29 is 13.9 Å². The summed E-state index contributed by atoms with van der Waals surface area (Å²) in [5.74, 6) is 1.07. The molecule has 5 heteroatoms. The minimum atomic E-state index is -0.420. The van der Waals surface area contributed by atoms with Gasteiger partial charge in [0.2, 0.25) is 0 Å². The molecule has 2 aromatic rings. The molecule has 0 radical (unpaired) electrons. The number of aryl methyl sites for hydroxylation is 1. The minimum Gasteiger partial charge on any atom is -0.493 e. The fraction of sp³-hybridized carbons (Fsp3) is 0.133. The van der Waals surface area contributed by atoms with Gasteiger partial charge in [0.05, 0.1) is 12.7 Å². The SMILES string of the molecule is COc1cc(C)ccc1Oc1ccc(F)cc1C(N)=S. The number of benzene rings is 2. The third-order valence-corrected chi connectivity index (χ3v) is 2.97. The summed E-state index contributed by atoms with van der Waals surface area (Å²) in [5.41, 5.74) is 6.98. The molecule has 0 fully saturated rings. The van der Waals surface area contributed by atoms with E-state index in [1.54, 1.807) is 13.2 Å². The lowest BCUT2D eigenvalue weighted by Crippen LogP contribution is -2.11. The van der Waals surface area contributed by atoms with E-state index in [0.29, 0.717) is 22.8 Å². The Morgan fingerprint density at radius 1 is 1.10 bits per heavy atom. The molecule has 0 aliphatic heterocycles. The Hall–Kier alpha value is -2.14. The summed E-state index contributed by atoms with van der Waals surface area (Å²) in [6, 6.07) is 9.54. The van der Waals surface area contributed by atoms with Crippen molar-refractivity contribution in [2.45, 2.75) is 6.92 Å². The molecule has 2 N–H and O–H groups in total. The van der Waals surface area contributed by atoms with E-state index in [-0.39, 0.29) is 4.99 Å². The van der Waals surface area contributed by atoms with Gasteiger partial charge in [-0.1, -0.05) is 18.3 Å². The summed E-state index contributed by atoms with van der Waals surface area (Å²) in [7, 11) is 1.56. The number of nitrogens with two attached hydrogens (primary N) is 1. The van der Waals surface area contributed by atoms with Crippen LogP contribution in [0.2, 0.25) is 0 Å². The van der Waals surface area contributed by atoms with Crippen LogP contribution in [-0.4, -0.2) is 12.1 Å². The first-order valence-corrected chi connectivity index (χ1v) is 6.34. The molecule has 2 aromatic carbocycles. The fourth-order valence-corrected chi connectivity index (χ4v) is 1.92. The summed E-state index contributed by atoms with van der Waals surface area (Å²) in [6.07, 6.45) is 0. The van der Waals surface area contributed by atoms with Crippen molar-refractivity contribution in [1.29, 1.82) is 0 Å². The van der Waals surface area contributed by atoms with Crippen LogP contribution in [-0.2, 0) is 0 Å². The molecule has 2 rings (SSSR count). The van der Waals surface area contributed by atoms with Crippen molar-refractivity contribution in [1.82, 2.24) is 0 Å². The highest BCUT2D eigenvalue weighted by molar-refractivity contribution is 7.80. The van der Waals surface area contributed by atoms with Gasteiger partial charge < -0.3 is 15.2 Å². The molecule has 0 atom stereocenters. The second-order valence-electron chi connectivity index (χ2n) is 4.26. The third-order valence-electron chi connectivity index (χ3n) is 2.75. The van der Waals surface area contributed by atoms with Gasteiger partial charge in [-0.05, 0) is 42.8 Å². The van der Waals surface area contributed by atoms with E-state index in [9.17, 15) is 4.39 Å². The van der Waals surface area contributed by atoms with Crippen LogP contribution in [0.15, 0.2) is 36.4 Å². The number of hydrogen-bond donors (Lipinski definition) is 1. The summed E-state index contributed by atoms with van der Waals surface area (Å²) in [6.45, 7) is 1.95. The molecular weight excluding hydrogens is 277 g/mol. The van der Waals surface area contributed by atoms with Crippen molar-refractivity contribution in [3.63, 3.8) is 0 Å². The van der Waals surface area contributed by atoms with E-state index in [1.807, 2.05) is 19.1 Å². The second-order valence-corrected chi connectivity index (χ2v) is 4.70. The Balaban J connectivity index is 2.42. The zero-order valence-electron chi connectivity index (χ0n) is 11.1. The minimum absolute atomic E-state index is 0.0746. The molecule has 104 valence electrons. The first-order valence-electron chi connectivity index (χ1n) is 5.93. The Morgan fingerprint density at radius 2 is 1.80 bits per heavy atom. The number of halogens is 1. The molecule has 0 saturated heterocycles. The van der Waals surface area contributed by atoms with Gasteiger partial charge in [-0.25, -0.2) is 4.39 Å². The standard InChI is InChI=1S/C15H14FNO2S/c1-9-3-5-13(14(7-9)18-2)19-12-6-4-10(16)8-11(12)15(17)20/h3-8H,1-2H3,(H2,17,20). The fourth-order valence-electron chi connectivity index (χ4n) is 1.76. The summed E-state index contributed by atoms with van der Waals surface area (Å²) in [5, 5.41) is 0. The normalized spacial score (nSPS) is 10.2. The molecule has 0 amide bonds. The molecule has 0 aliphatic rings. The number of ether oxygens (including phenoxy) is 2. The number of hydrogen-bond acceptors (Lipinski definition) is 3. The van der Waals surface area contributed by atoms with E-state index < -0.39 is 5.82 Å². The number of thiocarbonyl (C=S) groups is 1. The lowest BCUT2D eigenvalue weighted by atomic mass is 10.2. The van der Waals surface area contributed by atoms with Crippen LogP contribution in [0.3, 0.4) is 0 Å². The first kappa shape index (κ1) is 14.3. The topological polar surface area (TPSA) is 44.5 Å². The van der Waals surface area contributed by atoms with Crippen LogP contribution in [0.5, 0.6) is 17.2 Å². The van der Waals surface area contributed by atoms with Crippen molar-refractivity contribution >= 4 is 17.2 Å². The zero-order chi connectivity index (χ0) is 14.7. The van der Waals surface area contributed by atoms with Crippen LogP contribution < -0.4 is 15.2 Å². The molecule has 0 spiro atoms. The first-order chi connectivity index (χ1) is 9.51. The maximum atomic E-state index is 13.2. The largest absolute Gasteiger partial charge is 0.493 e. The molecule has 0 unspecified atom stereocenters. The molecule has 0 aliphatic carbocycles. The maximum Gasteiger partial charge on any atom is 0.169 e. The van der Waals surface area contributed by atoms with Gasteiger partial charge in [0.25, 0.3) is 0 Å². The highest BCUT2D eigenvalue weighted by atomic mass is 32.1. The van der Waals surface area contributed by atoms with E-state index >= 15 is 0 Å². The molecule has 0 bridgehead atoms. The predicted molar refractivity (Wildman–Crippen MR) is 80.1 cm³/mol. The third kappa shape index (κ3) is 3.05. The van der Waals surface area contributed by atoms with E-state index in [1.165, 1.54) is 18.2 Å². The summed E-state index contributed by atoms with van der Waals surface area (Å²) in [4.78, 5) is 0.0746. The molecule has 0 heterocycles. The highest BCUT2D eigenvalue weighted by Crippen LogP contribution is 2.33. The van der Waals surface area contributed by atoms with Gasteiger partial charge in [0, 0.05) is 0 Å². The van der Waals surface area contributed by atoms with E-state index in [2.05, 4.69) is 0 Å². The van der Waals surface area contributed by atoms with Gasteiger partial charge in [0.15, 0.2) is 11.5 Å². The van der Waals surface area contributed by atoms with Crippen LogP contribution in [0, 0.1) is 12.7 Å². The predicted octanol–water partition coefficient (Wildman–Crippen LogP) is 3.57. The average molecular weight is 291 g/mol. The van der Waals surface area contributed by atoms with E-state index in [4.69, 9.17) is 27.4 Å². The summed E-state index contributed by atoms with van der Waals surface area (Å²) >= 11 is 4.91. The van der Waals surface area contributed by atoms with Gasteiger partial charge >= 0.3 is 0 Å². The number of rotatable bonds is 4. The Bertz CT molecular complexity index is 658. The monoisotopic (exact) mass is 291 g/mol. The highest BCUT2D eigenvalue weighted by Gasteiger charge is 2.12. The van der Waals surface area contributed by atoms with Gasteiger partial charge in [0.1, 0.15) is 16.6 Å². The smallest absolute Gasteiger partial charge is 0.169 e. The number of methoxy groups -OCH3 is 1. The van der Waals surface area contributed by atoms with Crippen LogP contribution in [0.1, 0.15) is 11.1 Å². The molecule has 0 aromatic heterocycles. The van der Waals surface area contributed by atoms with E-state index in [0.717, 1.165) is 5.56 Å². The Labute approximate surface area is 122 Å². The molecule has 3 nitrogen and oxygen atoms in total. The van der Waals surface area contributed by atoms with Gasteiger partial charge in [-0.2, -0.15) is 0 Å². The second kappa shape index (κ2) is 5.88. The maximum absolute atomic E-state index is 13.2. The lowest BCUT2D eigenvalue weighted by Gasteiger charge is -2.13. The van der Waals surface area contributed by atoms with Gasteiger partial charge in [-0.15, -0.1) is 0 Å². The van der Waals surface area contributed by atoms with Gasteiger partial charge in [-0.3, -0.25) is 0 Å². The molecular formula is C15H14FNO2S. The van der Waals surface area contributed by atoms with Crippen LogP contribution in [0.4, 0.5) is 4.39 Å². The Morgan fingerprint density at radius 3 is 2.45 bits per heavy atom. The summed E-state index contributed by atoms with van der Waals surface area (Å²) < 4.78 is 24.3. The Kier molecular flexibility index (Phi) is 4.20. The quantitative estimate of drug-likeness (QED) is 0.875. The van der Waals surface area contributed by atoms with Crippen molar-refractivity contribution in [3.8, 4) is 17.2 Å². The van der Waals surface area contributed by atoms with Crippen LogP contribution in [0.25, 0.3) is 0 Å². The van der Waals surface area contributed by atoms with Crippen molar-refractivity contribution in [3.05, 3.63) is 53.3 Å². The van der Waals surface area contributed by atoms with Crippen molar-refractivity contribution in [2.24, 2.45) is 5.73 Å². The van der Waals surface area contributed by atoms with Crippen LogP contribution >= 0.6 is 12.2 Å². The molecule has 0 saturated carbocycles. The zero-order valence-corrected chi connectivity index (χ0v) is 12.0.